The molecule has 0 heterocycles. The van der Waals surface area contributed by atoms with Crippen molar-refractivity contribution in [2.75, 3.05) is 11.9 Å². The number of rotatable bonds is 6. The molecule has 0 aliphatic rings. The zero-order valence-corrected chi connectivity index (χ0v) is 12.0. The Kier molecular flexibility index (Phi) is 4.90. The Morgan fingerprint density at radius 2 is 1.67 bits per heavy atom. The first-order chi connectivity index (χ1) is 10.1. The number of benzene rings is 2. The molecule has 3 heteroatoms. The third-order valence-corrected chi connectivity index (χ3v) is 3.17. The van der Waals surface area contributed by atoms with Crippen molar-refractivity contribution in [1.82, 2.24) is 0 Å². The molecule has 0 amide bonds. The Balaban J connectivity index is 1.95. The lowest BCUT2D eigenvalue weighted by molar-refractivity contribution is -0.129. The second kappa shape index (κ2) is 6.86. The van der Waals surface area contributed by atoms with Crippen LogP contribution in [-0.2, 0) is 4.79 Å². The Morgan fingerprint density at radius 3 is 2.29 bits per heavy atom. The molecule has 1 unspecified atom stereocenters. The van der Waals surface area contributed by atoms with E-state index in [0.717, 1.165) is 11.3 Å². The van der Waals surface area contributed by atoms with Gasteiger partial charge in [-0.15, -0.1) is 0 Å². The van der Waals surface area contributed by atoms with Crippen molar-refractivity contribution in [2.24, 2.45) is 0 Å². The maximum absolute atomic E-state index is 12.1. The molecule has 0 saturated carbocycles. The van der Waals surface area contributed by atoms with Crippen LogP contribution in [0, 0.1) is 0 Å². The highest BCUT2D eigenvalue weighted by Gasteiger charge is 2.27. The van der Waals surface area contributed by atoms with E-state index in [0.29, 0.717) is 0 Å². The van der Waals surface area contributed by atoms with Crippen LogP contribution in [0.1, 0.15) is 12.5 Å². The number of ketones is 1. The van der Waals surface area contributed by atoms with Crippen LogP contribution in [0.4, 0.5) is 5.69 Å². The summed E-state index contributed by atoms with van der Waals surface area (Å²) in [7, 11) is 0. The van der Waals surface area contributed by atoms with Crippen LogP contribution in [0.25, 0.3) is 6.08 Å². The van der Waals surface area contributed by atoms with E-state index in [9.17, 15) is 9.90 Å². The Hall–Kier alpha value is -2.39. The highest BCUT2D eigenvalue weighted by Crippen LogP contribution is 2.12. The van der Waals surface area contributed by atoms with E-state index in [1.54, 1.807) is 6.08 Å². The van der Waals surface area contributed by atoms with Gasteiger partial charge in [0.15, 0.2) is 5.78 Å². The van der Waals surface area contributed by atoms with Crippen LogP contribution in [0.2, 0.25) is 0 Å². The maximum Gasteiger partial charge on any atom is 0.188 e. The quantitative estimate of drug-likeness (QED) is 0.800. The van der Waals surface area contributed by atoms with Gasteiger partial charge in [-0.25, -0.2) is 0 Å². The van der Waals surface area contributed by atoms with E-state index in [4.69, 9.17) is 0 Å². The summed E-state index contributed by atoms with van der Waals surface area (Å²) in [6.45, 7) is 1.68. The van der Waals surface area contributed by atoms with Gasteiger partial charge in [-0.3, -0.25) is 4.79 Å². The molecule has 0 saturated heterocycles. The van der Waals surface area contributed by atoms with Gasteiger partial charge in [-0.05, 0) is 30.7 Å². The summed E-state index contributed by atoms with van der Waals surface area (Å²) in [6.07, 6.45) is 3.13. The second-order valence-corrected chi connectivity index (χ2v) is 5.10. The Labute approximate surface area is 124 Å². The van der Waals surface area contributed by atoms with Gasteiger partial charge in [0.2, 0.25) is 0 Å². The minimum absolute atomic E-state index is 0.162. The SMILES string of the molecule is CC(O)(CNc1ccccc1)C(=O)C=Cc1ccccc1. The first-order valence-electron chi connectivity index (χ1n) is 6.87. The van der Waals surface area contributed by atoms with E-state index in [2.05, 4.69) is 5.32 Å². The zero-order valence-electron chi connectivity index (χ0n) is 12.0. The van der Waals surface area contributed by atoms with Gasteiger partial charge < -0.3 is 10.4 Å². The predicted octanol–water partition coefficient (Wildman–Crippen LogP) is 3.13. The molecule has 0 aliphatic heterocycles. The summed E-state index contributed by atoms with van der Waals surface area (Å²) in [5, 5.41) is 13.3. The minimum Gasteiger partial charge on any atom is -0.382 e. The standard InChI is InChI=1S/C18H19NO2/c1-18(21,14-19-16-10-6-3-7-11-16)17(20)13-12-15-8-4-2-5-9-15/h2-13,19,21H,14H2,1H3. The topological polar surface area (TPSA) is 49.3 Å². The molecule has 0 fully saturated rings. The van der Waals surface area contributed by atoms with Crippen molar-refractivity contribution in [3.8, 4) is 0 Å². The first kappa shape index (κ1) is 15.0. The van der Waals surface area contributed by atoms with E-state index in [1.165, 1.54) is 13.0 Å². The summed E-state index contributed by atoms with van der Waals surface area (Å²) >= 11 is 0. The summed E-state index contributed by atoms with van der Waals surface area (Å²) in [4.78, 5) is 12.1. The minimum atomic E-state index is -1.44. The molecule has 108 valence electrons. The van der Waals surface area contributed by atoms with Gasteiger partial charge in [-0.2, -0.15) is 0 Å². The first-order valence-corrected chi connectivity index (χ1v) is 6.87. The number of para-hydroxylation sites is 1. The molecule has 0 aliphatic carbocycles. The van der Waals surface area contributed by atoms with E-state index in [1.807, 2.05) is 60.7 Å². The number of carbonyl (C=O) groups excluding carboxylic acids is 1. The summed E-state index contributed by atoms with van der Waals surface area (Å²) in [6, 6.07) is 19.0. The highest BCUT2D eigenvalue weighted by atomic mass is 16.3. The van der Waals surface area contributed by atoms with Crippen LogP contribution >= 0.6 is 0 Å². The van der Waals surface area contributed by atoms with Crippen LogP contribution in [0.15, 0.2) is 66.7 Å². The average molecular weight is 281 g/mol. The number of anilines is 1. The molecule has 2 aromatic rings. The summed E-state index contributed by atoms with van der Waals surface area (Å²) in [5.41, 5.74) is 0.358. The number of aliphatic hydroxyl groups is 1. The van der Waals surface area contributed by atoms with Gasteiger partial charge in [-0.1, -0.05) is 54.6 Å². The average Bonchev–Trinajstić information content (AvgIpc) is 2.52. The molecular formula is C18H19NO2. The number of nitrogens with one attached hydrogen (secondary N) is 1. The van der Waals surface area contributed by atoms with Gasteiger partial charge in [0.1, 0.15) is 5.60 Å². The van der Waals surface area contributed by atoms with Crippen LogP contribution < -0.4 is 5.32 Å². The molecule has 2 N–H and O–H groups in total. The molecule has 1 atom stereocenters. The number of hydrogen-bond donors (Lipinski definition) is 2. The van der Waals surface area contributed by atoms with Crippen LogP contribution in [0.5, 0.6) is 0 Å². The maximum atomic E-state index is 12.1. The molecule has 0 radical (unpaired) electrons. The number of hydrogen-bond acceptors (Lipinski definition) is 3. The third kappa shape index (κ3) is 4.58. The predicted molar refractivity (Wildman–Crippen MR) is 86.0 cm³/mol. The monoisotopic (exact) mass is 281 g/mol. The fourth-order valence-electron chi connectivity index (χ4n) is 1.83. The molecule has 2 aromatic carbocycles. The normalized spacial score (nSPS) is 13.8. The fraction of sp³-hybridized carbons (Fsp3) is 0.167. The van der Waals surface area contributed by atoms with Crippen molar-refractivity contribution in [3.05, 3.63) is 72.3 Å². The van der Waals surface area contributed by atoms with Crippen molar-refractivity contribution >= 4 is 17.5 Å². The fourth-order valence-corrected chi connectivity index (χ4v) is 1.83. The lowest BCUT2D eigenvalue weighted by atomic mass is 9.99. The van der Waals surface area contributed by atoms with Crippen molar-refractivity contribution in [2.45, 2.75) is 12.5 Å². The molecule has 0 bridgehead atoms. The molecule has 3 nitrogen and oxygen atoms in total. The second-order valence-electron chi connectivity index (χ2n) is 5.10. The Bertz CT molecular complexity index is 604. The smallest absolute Gasteiger partial charge is 0.188 e. The molecule has 21 heavy (non-hydrogen) atoms. The van der Waals surface area contributed by atoms with Crippen molar-refractivity contribution in [1.29, 1.82) is 0 Å². The zero-order chi connectivity index (χ0) is 15.1. The third-order valence-electron chi connectivity index (χ3n) is 3.17. The Morgan fingerprint density at radius 1 is 1.10 bits per heavy atom. The van der Waals surface area contributed by atoms with Gasteiger partial charge in [0, 0.05) is 5.69 Å². The van der Waals surface area contributed by atoms with Gasteiger partial charge >= 0.3 is 0 Å². The van der Waals surface area contributed by atoms with Crippen LogP contribution in [-0.4, -0.2) is 23.0 Å². The van der Waals surface area contributed by atoms with Crippen LogP contribution in [0.3, 0.4) is 0 Å². The molecule has 2 rings (SSSR count). The number of carbonyl (C=O) groups is 1. The molecular weight excluding hydrogens is 262 g/mol. The summed E-state index contributed by atoms with van der Waals surface area (Å²) < 4.78 is 0. The van der Waals surface area contributed by atoms with Gasteiger partial charge in [0.25, 0.3) is 0 Å². The van der Waals surface area contributed by atoms with Crippen molar-refractivity contribution in [3.63, 3.8) is 0 Å². The highest BCUT2D eigenvalue weighted by molar-refractivity contribution is 6.00. The van der Waals surface area contributed by atoms with E-state index in [-0.39, 0.29) is 12.3 Å². The largest absolute Gasteiger partial charge is 0.382 e. The van der Waals surface area contributed by atoms with E-state index < -0.39 is 5.60 Å². The lowest BCUT2D eigenvalue weighted by Gasteiger charge is -2.21. The lowest BCUT2D eigenvalue weighted by Crippen LogP contribution is -2.41. The van der Waals surface area contributed by atoms with Gasteiger partial charge in [0.05, 0.1) is 6.54 Å². The van der Waals surface area contributed by atoms with Crippen molar-refractivity contribution < 1.29 is 9.90 Å². The molecule has 0 aromatic heterocycles. The van der Waals surface area contributed by atoms with E-state index >= 15 is 0 Å². The molecule has 0 spiro atoms. The summed E-state index contributed by atoms with van der Waals surface area (Å²) in [5.74, 6) is -0.324.